The lowest BCUT2D eigenvalue weighted by Crippen LogP contribution is -2.39. The van der Waals surface area contributed by atoms with Crippen LogP contribution in [-0.4, -0.2) is 53.5 Å². The standard InChI is InChI=1S/C20H22N2O4S3/c1-12(2)7-9-21-15-6-4-3-5-14(15)16(18(21)23)17-19(24)22(20(27)28-17)13-8-10-29(25,26)11-13/h3-6,12-13H,7-11H2,1-2H3/b17-16-. The van der Waals surface area contributed by atoms with Gasteiger partial charge in [0.05, 0.1) is 33.7 Å². The predicted octanol–water partition coefficient (Wildman–Crippen LogP) is 2.84. The van der Waals surface area contributed by atoms with Gasteiger partial charge in [0.2, 0.25) is 0 Å². The first kappa shape index (κ1) is 20.6. The van der Waals surface area contributed by atoms with Crippen LogP contribution in [-0.2, 0) is 19.4 Å². The highest BCUT2D eigenvalue weighted by Gasteiger charge is 2.46. The number of amides is 2. The van der Waals surface area contributed by atoms with Crippen molar-refractivity contribution in [1.82, 2.24) is 4.90 Å². The van der Waals surface area contributed by atoms with Gasteiger partial charge in [0, 0.05) is 12.1 Å². The Morgan fingerprint density at radius 2 is 1.93 bits per heavy atom. The lowest BCUT2D eigenvalue weighted by Gasteiger charge is -2.21. The second-order valence-electron chi connectivity index (χ2n) is 7.96. The normalized spacial score (nSPS) is 26.2. The van der Waals surface area contributed by atoms with Crippen molar-refractivity contribution < 1.29 is 18.0 Å². The van der Waals surface area contributed by atoms with Gasteiger partial charge in [-0.15, -0.1) is 0 Å². The van der Waals surface area contributed by atoms with E-state index in [-0.39, 0.29) is 23.3 Å². The maximum absolute atomic E-state index is 13.3. The zero-order valence-corrected chi connectivity index (χ0v) is 18.7. The van der Waals surface area contributed by atoms with Gasteiger partial charge < -0.3 is 4.90 Å². The third-order valence-corrected chi connectivity index (χ3v) is 8.60. The van der Waals surface area contributed by atoms with Crippen LogP contribution in [0.3, 0.4) is 0 Å². The van der Waals surface area contributed by atoms with E-state index in [1.807, 2.05) is 24.3 Å². The molecule has 1 aromatic carbocycles. The number of benzene rings is 1. The van der Waals surface area contributed by atoms with Crippen LogP contribution in [0.15, 0.2) is 29.2 Å². The molecule has 1 aromatic rings. The van der Waals surface area contributed by atoms with E-state index in [4.69, 9.17) is 12.2 Å². The summed E-state index contributed by atoms with van der Waals surface area (Å²) in [4.78, 5) is 30.0. The van der Waals surface area contributed by atoms with E-state index in [1.54, 1.807) is 4.90 Å². The Labute approximate surface area is 180 Å². The number of sulfone groups is 1. The molecule has 0 bridgehead atoms. The van der Waals surface area contributed by atoms with E-state index in [9.17, 15) is 18.0 Å². The third kappa shape index (κ3) is 3.64. The van der Waals surface area contributed by atoms with Crippen molar-refractivity contribution in [3.63, 3.8) is 0 Å². The van der Waals surface area contributed by atoms with Gasteiger partial charge in [-0.2, -0.15) is 0 Å². The molecule has 6 nitrogen and oxygen atoms in total. The van der Waals surface area contributed by atoms with Crippen LogP contribution in [0.4, 0.5) is 5.69 Å². The summed E-state index contributed by atoms with van der Waals surface area (Å²) in [6, 6.07) is 7.03. The number of carbonyl (C=O) groups is 2. The van der Waals surface area contributed by atoms with Crippen LogP contribution in [0.2, 0.25) is 0 Å². The van der Waals surface area contributed by atoms with Crippen LogP contribution in [0.5, 0.6) is 0 Å². The van der Waals surface area contributed by atoms with Crippen LogP contribution < -0.4 is 4.90 Å². The molecule has 3 aliphatic rings. The maximum Gasteiger partial charge on any atom is 0.267 e. The average Bonchev–Trinajstić information content (AvgIpc) is 3.24. The largest absolute Gasteiger partial charge is 0.308 e. The molecular formula is C20H22N2O4S3. The fraction of sp³-hybridized carbons (Fsp3) is 0.450. The molecule has 2 saturated heterocycles. The molecular weight excluding hydrogens is 428 g/mol. The number of fused-ring (bicyclic) bond motifs is 1. The van der Waals surface area contributed by atoms with Crippen molar-refractivity contribution in [2.24, 2.45) is 5.92 Å². The molecule has 0 saturated carbocycles. The number of rotatable bonds is 4. The van der Waals surface area contributed by atoms with Crippen molar-refractivity contribution in [2.75, 3.05) is 23.0 Å². The zero-order valence-electron chi connectivity index (χ0n) is 16.3. The minimum absolute atomic E-state index is 0.0609. The molecule has 154 valence electrons. The first-order valence-corrected chi connectivity index (χ1v) is 12.7. The first-order chi connectivity index (χ1) is 13.7. The van der Waals surface area contributed by atoms with Crippen LogP contribution >= 0.6 is 24.0 Å². The molecule has 0 N–H and O–H groups in total. The average molecular weight is 451 g/mol. The Bertz CT molecular complexity index is 1050. The SMILES string of the molecule is CC(C)CCN1C(=O)/C(=C2\SC(=S)N(C3CCS(=O)(=O)C3)C2=O)c2ccccc21. The zero-order chi connectivity index (χ0) is 20.9. The minimum Gasteiger partial charge on any atom is -0.308 e. The molecule has 4 rings (SSSR count). The van der Waals surface area contributed by atoms with Gasteiger partial charge in [0.1, 0.15) is 4.32 Å². The number of thiocarbonyl (C=S) groups is 1. The van der Waals surface area contributed by atoms with Gasteiger partial charge in [-0.3, -0.25) is 14.5 Å². The molecule has 0 aromatic heterocycles. The number of carbonyl (C=O) groups excluding carboxylic acids is 2. The summed E-state index contributed by atoms with van der Waals surface area (Å²) in [7, 11) is -3.15. The fourth-order valence-corrected chi connectivity index (χ4v) is 7.10. The van der Waals surface area contributed by atoms with Crippen molar-refractivity contribution in [2.45, 2.75) is 32.7 Å². The fourth-order valence-electron chi connectivity index (χ4n) is 3.93. The first-order valence-electron chi connectivity index (χ1n) is 9.61. The third-order valence-electron chi connectivity index (χ3n) is 5.45. The van der Waals surface area contributed by atoms with Crippen molar-refractivity contribution in [3.05, 3.63) is 34.7 Å². The predicted molar refractivity (Wildman–Crippen MR) is 119 cm³/mol. The Morgan fingerprint density at radius 1 is 1.21 bits per heavy atom. The Hall–Kier alpha value is -1.71. The lowest BCUT2D eigenvalue weighted by molar-refractivity contribution is -0.123. The van der Waals surface area contributed by atoms with E-state index in [0.717, 1.165) is 29.4 Å². The smallest absolute Gasteiger partial charge is 0.267 e. The number of hydrogen-bond donors (Lipinski definition) is 0. The number of thioether (sulfide) groups is 1. The molecule has 0 aliphatic carbocycles. The summed E-state index contributed by atoms with van der Waals surface area (Å²) < 4.78 is 24.1. The van der Waals surface area contributed by atoms with Crippen molar-refractivity contribution in [1.29, 1.82) is 0 Å². The lowest BCUT2D eigenvalue weighted by atomic mass is 10.1. The Balaban J connectivity index is 1.72. The van der Waals surface area contributed by atoms with E-state index in [0.29, 0.717) is 33.7 Å². The summed E-state index contributed by atoms with van der Waals surface area (Å²) in [5, 5.41) is 0. The van der Waals surface area contributed by atoms with E-state index in [2.05, 4.69) is 13.8 Å². The molecule has 1 atom stereocenters. The monoisotopic (exact) mass is 450 g/mol. The van der Waals surface area contributed by atoms with Crippen molar-refractivity contribution >= 4 is 61.2 Å². The van der Waals surface area contributed by atoms with Gasteiger partial charge in [-0.25, -0.2) is 8.42 Å². The number of hydrogen-bond acceptors (Lipinski definition) is 6. The summed E-state index contributed by atoms with van der Waals surface area (Å²) in [5.74, 6) is -0.114. The minimum atomic E-state index is -3.15. The molecule has 2 amide bonds. The molecule has 9 heteroatoms. The summed E-state index contributed by atoms with van der Waals surface area (Å²) in [6.45, 7) is 4.79. The topological polar surface area (TPSA) is 74.8 Å². The highest BCUT2D eigenvalue weighted by Crippen LogP contribution is 2.45. The number of anilines is 1. The summed E-state index contributed by atoms with van der Waals surface area (Å²) in [6.07, 6.45) is 1.23. The van der Waals surface area contributed by atoms with Gasteiger partial charge in [-0.1, -0.05) is 56.0 Å². The second-order valence-corrected chi connectivity index (χ2v) is 11.8. The second kappa shape index (κ2) is 7.52. The number of para-hydroxylation sites is 1. The molecule has 3 aliphatic heterocycles. The van der Waals surface area contributed by atoms with E-state index in [1.165, 1.54) is 4.90 Å². The maximum atomic E-state index is 13.3. The van der Waals surface area contributed by atoms with E-state index >= 15 is 0 Å². The molecule has 29 heavy (non-hydrogen) atoms. The molecule has 1 unspecified atom stereocenters. The van der Waals surface area contributed by atoms with Gasteiger partial charge >= 0.3 is 0 Å². The van der Waals surface area contributed by atoms with Gasteiger partial charge in [0.25, 0.3) is 11.8 Å². The molecule has 3 heterocycles. The molecule has 2 fully saturated rings. The summed E-state index contributed by atoms with van der Waals surface area (Å²) in [5.41, 5.74) is 1.92. The number of nitrogens with zero attached hydrogens (tertiary/aromatic N) is 2. The molecule has 0 spiro atoms. The highest BCUT2D eigenvalue weighted by atomic mass is 32.2. The van der Waals surface area contributed by atoms with E-state index < -0.39 is 15.9 Å². The van der Waals surface area contributed by atoms with Crippen LogP contribution in [0, 0.1) is 5.92 Å². The van der Waals surface area contributed by atoms with Crippen molar-refractivity contribution in [3.8, 4) is 0 Å². The molecule has 0 radical (unpaired) electrons. The highest BCUT2D eigenvalue weighted by molar-refractivity contribution is 8.26. The van der Waals surface area contributed by atoms with Gasteiger partial charge in [-0.05, 0) is 24.8 Å². The quantitative estimate of drug-likeness (QED) is 0.519. The van der Waals surface area contributed by atoms with Crippen LogP contribution in [0.1, 0.15) is 32.3 Å². The van der Waals surface area contributed by atoms with Crippen LogP contribution in [0.25, 0.3) is 5.57 Å². The Kier molecular flexibility index (Phi) is 5.33. The summed E-state index contributed by atoms with van der Waals surface area (Å²) >= 11 is 6.51. The van der Waals surface area contributed by atoms with Gasteiger partial charge in [0.15, 0.2) is 9.84 Å². The Morgan fingerprint density at radius 3 is 2.59 bits per heavy atom.